The molecular formula is C11H13FN4. The van der Waals surface area contributed by atoms with Crippen molar-refractivity contribution in [2.75, 3.05) is 0 Å². The standard InChI is InChI=1S/C11H13FN4/c1-3-8-10(12)11(15-7-14-8)16-6-5-13-9(16)4-2/h5-7H,3-4H2,1-2H3. The minimum absolute atomic E-state index is 0.279. The molecule has 2 rings (SSSR count). The molecule has 0 aliphatic carbocycles. The van der Waals surface area contributed by atoms with E-state index in [1.807, 2.05) is 13.8 Å². The Bertz CT molecular complexity index is 492. The SMILES string of the molecule is CCc1ncnc(-n2ccnc2CC)c1F. The monoisotopic (exact) mass is 220 g/mol. The van der Waals surface area contributed by atoms with Crippen LogP contribution >= 0.6 is 0 Å². The molecule has 0 aliphatic rings. The third-order valence-electron chi connectivity index (χ3n) is 2.44. The number of aryl methyl sites for hydroxylation is 2. The molecule has 2 aromatic rings. The van der Waals surface area contributed by atoms with Gasteiger partial charge in [0.15, 0.2) is 11.6 Å². The first-order valence-electron chi connectivity index (χ1n) is 5.29. The van der Waals surface area contributed by atoms with E-state index in [9.17, 15) is 4.39 Å². The van der Waals surface area contributed by atoms with Gasteiger partial charge in [0.2, 0.25) is 0 Å². The molecule has 0 fully saturated rings. The molecule has 0 atom stereocenters. The molecule has 0 unspecified atom stereocenters. The first-order chi connectivity index (χ1) is 7.77. The lowest BCUT2D eigenvalue weighted by Gasteiger charge is -2.07. The molecule has 0 amide bonds. The van der Waals surface area contributed by atoms with Crippen LogP contribution in [0.4, 0.5) is 4.39 Å². The fraction of sp³-hybridized carbons (Fsp3) is 0.364. The maximum Gasteiger partial charge on any atom is 0.187 e. The smallest absolute Gasteiger partial charge is 0.187 e. The van der Waals surface area contributed by atoms with Crippen molar-refractivity contribution >= 4 is 0 Å². The highest BCUT2D eigenvalue weighted by molar-refractivity contribution is 5.28. The second-order valence-electron chi connectivity index (χ2n) is 3.38. The molecule has 0 spiro atoms. The van der Waals surface area contributed by atoms with Crippen LogP contribution < -0.4 is 0 Å². The van der Waals surface area contributed by atoms with E-state index in [2.05, 4.69) is 15.0 Å². The fourth-order valence-electron chi connectivity index (χ4n) is 1.60. The molecular weight excluding hydrogens is 207 g/mol. The molecule has 4 nitrogen and oxygen atoms in total. The molecule has 0 aliphatic heterocycles. The van der Waals surface area contributed by atoms with Gasteiger partial charge >= 0.3 is 0 Å². The lowest BCUT2D eigenvalue weighted by Crippen LogP contribution is -2.07. The average molecular weight is 220 g/mol. The van der Waals surface area contributed by atoms with Crippen LogP contribution in [0, 0.1) is 5.82 Å². The fourth-order valence-corrected chi connectivity index (χ4v) is 1.60. The predicted octanol–water partition coefficient (Wildman–Crippen LogP) is 1.93. The molecule has 2 heterocycles. The summed E-state index contributed by atoms with van der Waals surface area (Å²) >= 11 is 0. The molecule has 0 saturated heterocycles. The summed E-state index contributed by atoms with van der Waals surface area (Å²) in [7, 11) is 0. The minimum Gasteiger partial charge on any atom is -0.285 e. The molecule has 0 saturated carbocycles. The molecule has 0 radical (unpaired) electrons. The van der Waals surface area contributed by atoms with Gasteiger partial charge in [0.25, 0.3) is 0 Å². The normalized spacial score (nSPS) is 10.7. The van der Waals surface area contributed by atoms with E-state index < -0.39 is 0 Å². The molecule has 5 heteroatoms. The molecule has 0 N–H and O–H groups in total. The van der Waals surface area contributed by atoms with Crippen LogP contribution in [0.2, 0.25) is 0 Å². The van der Waals surface area contributed by atoms with Crippen LogP contribution in [0.15, 0.2) is 18.7 Å². The molecule has 84 valence electrons. The summed E-state index contributed by atoms with van der Waals surface area (Å²) in [5.41, 5.74) is 0.431. The summed E-state index contributed by atoms with van der Waals surface area (Å²) < 4.78 is 15.6. The number of imidazole rings is 1. The number of hydrogen-bond acceptors (Lipinski definition) is 3. The van der Waals surface area contributed by atoms with E-state index in [1.165, 1.54) is 6.33 Å². The number of hydrogen-bond donors (Lipinski definition) is 0. The second-order valence-corrected chi connectivity index (χ2v) is 3.38. The van der Waals surface area contributed by atoms with E-state index in [-0.39, 0.29) is 11.6 Å². The Morgan fingerprint density at radius 2 is 2.00 bits per heavy atom. The van der Waals surface area contributed by atoms with Crippen LogP contribution in [0.1, 0.15) is 25.4 Å². The Morgan fingerprint density at radius 3 is 2.69 bits per heavy atom. The van der Waals surface area contributed by atoms with E-state index in [0.717, 1.165) is 12.2 Å². The van der Waals surface area contributed by atoms with Crippen LogP contribution in [0.5, 0.6) is 0 Å². The summed E-state index contributed by atoms with van der Waals surface area (Å²) in [6.45, 7) is 3.84. The zero-order valence-electron chi connectivity index (χ0n) is 9.31. The lowest BCUT2D eigenvalue weighted by molar-refractivity contribution is 0.579. The summed E-state index contributed by atoms with van der Waals surface area (Å²) in [4.78, 5) is 12.0. The Labute approximate surface area is 93.2 Å². The minimum atomic E-state index is -0.363. The van der Waals surface area contributed by atoms with E-state index in [0.29, 0.717) is 12.1 Å². The highest BCUT2D eigenvalue weighted by Crippen LogP contribution is 2.15. The number of aromatic nitrogens is 4. The van der Waals surface area contributed by atoms with Gasteiger partial charge in [0.05, 0.1) is 5.69 Å². The van der Waals surface area contributed by atoms with Crippen molar-refractivity contribution in [2.45, 2.75) is 26.7 Å². The maximum atomic E-state index is 14.0. The van der Waals surface area contributed by atoms with Gasteiger partial charge in [0, 0.05) is 18.8 Å². The Morgan fingerprint density at radius 1 is 1.19 bits per heavy atom. The number of halogens is 1. The van der Waals surface area contributed by atoms with Crippen molar-refractivity contribution in [3.05, 3.63) is 36.1 Å². The van der Waals surface area contributed by atoms with Crippen LogP contribution in [0.25, 0.3) is 5.82 Å². The molecule has 0 bridgehead atoms. The zero-order valence-corrected chi connectivity index (χ0v) is 9.31. The topological polar surface area (TPSA) is 43.6 Å². The Balaban J connectivity index is 2.56. The summed E-state index contributed by atoms with van der Waals surface area (Å²) in [5, 5.41) is 0. The highest BCUT2D eigenvalue weighted by Gasteiger charge is 2.13. The van der Waals surface area contributed by atoms with Gasteiger partial charge < -0.3 is 0 Å². The van der Waals surface area contributed by atoms with Crippen molar-refractivity contribution < 1.29 is 4.39 Å². The second kappa shape index (κ2) is 4.38. The van der Waals surface area contributed by atoms with Gasteiger partial charge in [-0.1, -0.05) is 13.8 Å². The lowest BCUT2D eigenvalue weighted by atomic mass is 10.3. The van der Waals surface area contributed by atoms with Gasteiger partial charge in [-0.25, -0.2) is 19.3 Å². The van der Waals surface area contributed by atoms with Gasteiger partial charge in [-0.3, -0.25) is 4.57 Å². The Kier molecular flexibility index (Phi) is 2.94. The molecule has 16 heavy (non-hydrogen) atoms. The van der Waals surface area contributed by atoms with Crippen molar-refractivity contribution in [2.24, 2.45) is 0 Å². The van der Waals surface area contributed by atoms with Crippen LogP contribution in [0.3, 0.4) is 0 Å². The summed E-state index contributed by atoms with van der Waals surface area (Å²) in [6, 6.07) is 0. The van der Waals surface area contributed by atoms with Gasteiger partial charge in [-0.2, -0.15) is 0 Å². The molecule has 2 aromatic heterocycles. The number of nitrogens with zero attached hydrogens (tertiary/aromatic N) is 4. The first kappa shape index (κ1) is 10.7. The maximum absolute atomic E-state index is 14.0. The summed E-state index contributed by atoms with van der Waals surface area (Å²) in [6.07, 6.45) is 6.03. The zero-order chi connectivity index (χ0) is 11.5. The van der Waals surface area contributed by atoms with Crippen molar-refractivity contribution in [3.8, 4) is 5.82 Å². The van der Waals surface area contributed by atoms with Crippen molar-refractivity contribution in [1.82, 2.24) is 19.5 Å². The quantitative estimate of drug-likeness (QED) is 0.793. The average Bonchev–Trinajstić information content (AvgIpc) is 2.77. The van der Waals surface area contributed by atoms with Gasteiger partial charge in [-0.15, -0.1) is 0 Å². The van der Waals surface area contributed by atoms with E-state index in [4.69, 9.17) is 0 Å². The van der Waals surface area contributed by atoms with Gasteiger partial charge in [0.1, 0.15) is 12.2 Å². The largest absolute Gasteiger partial charge is 0.285 e. The van der Waals surface area contributed by atoms with Crippen LogP contribution in [-0.4, -0.2) is 19.5 Å². The molecule has 0 aromatic carbocycles. The number of rotatable bonds is 3. The third-order valence-corrected chi connectivity index (χ3v) is 2.44. The highest BCUT2D eigenvalue weighted by atomic mass is 19.1. The van der Waals surface area contributed by atoms with E-state index in [1.54, 1.807) is 17.0 Å². The predicted molar refractivity (Wildman–Crippen MR) is 57.9 cm³/mol. The van der Waals surface area contributed by atoms with E-state index >= 15 is 0 Å². The van der Waals surface area contributed by atoms with Crippen molar-refractivity contribution in [3.63, 3.8) is 0 Å². The van der Waals surface area contributed by atoms with Crippen LogP contribution in [-0.2, 0) is 12.8 Å². The summed E-state index contributed by atoms with van der Waals surface area (Å²) in [5.74, 6) is 0.707. The van der Waals surface area contributed by atoms with Gasteiger partial charge in [-0.05, 0) is 6.42 Å². The van der Waals surface area contributed by atoms with Crippen molar-refractivity contribution in [1.29, 1.82) is 0 Å². The first-order valence-corrected chi connectivity index (χ1v) is 5.29. The Hall–Kier alpha value is -1.78. The third kappa shape index (κ3) is 1.68.